The summed E-state index contributed by atoms with van der Waals surface area (Å²) in [4.78, 5) is 12.7. The van der Waals surface area contributed by atoms with Gasteiger partial charge in [-0.15, -0.1) is 11.3 Å². The number of hydrogen-bond donors (Lipinski definition) is 0. The van der Waals surface area contributed by atoms with Crippen molar-refractivity contribution in [1.29, 1.82) is 0 Å². The van der Waals surface area contributed by atoms with Gasteiger partial charge in [-0.1, -0.05) is 99.4 Å². The van der Waals surface area contributed by atoms with Crippen LogP contribution in [0.4, 0.5) is 5.69 Å². The number of rotatable bonds is 5. The SMILES string of the molecule is CCC(C)(C)c1cc(-c2ccccc2)c2cc(C#Cc3ccc4c(c3)C(c3ccccc3)C=CC(c3ccc(C)s3)=N4)ccc2n1. The Kier molecular flexibility index (Phi) is 7.99. The fraction of sp³-hybridized carbons (Fsp3) is 0.163. The number of aromatic nitrogens is 1. The van der Waals surface area contributed by atoms with Crippen LogP contribution in [0.25, 0.3) is 22.0 Å². The Morgan fingerprint density at radius 2 is 1.50 bits per heavy atom. The topological polar surface area (TPSA) is 25.2 Å². The number of pyridine rings is 1. The van der Waals surface area contributed by atoms with Crippen LogP contribution in [-0.2, 0) is 5.41 Å². The van der Waals surface area contributed by atoms with Gasteiger partial charge < -0.3 is 0 Å². The second-order valence-corrected chi connectivity index (χ2v) is 13.9. The number of allylic oxidation sites excluding steroid dienone is 2. The van der Waals surface area contributed by atoms with E-state index in [0.717, 1.165) is 51.1 Å². The number of aliphatic imine (C=N–C) groups is 1. The number of fused-ring (bicyclic) bond motifs is 2. The van der Waals surface area contributed by atoms with E-state index >= 15 is 0 Å². The van der Waals surface area contributed by atoms with E-state index in [4.69, 9.17) is 9.98 Å². The first-order valence-electron chi connectivity index (χ1n) is 15.9. The Labute approximate surface area is 276 Å². The summed E-state index contributed by atoms with van der Waals surface area (Å²) >= 11 is 1.78. The molecule has 0 spiro atoms. The Balaban J connectivity index is 1.30. The van der Waals surface area contributed by atoms with Crippen molar-refractivity contribution in [3.8, 4) is 23.0 Å². The minimum absolute atomic E-state index is 0.0121. The van der Waals surface area contributed by atoms with Crippen molar-refractivity contribution in [2.75, 3.05) is 0 Å². The molecule has 0 aliphatic carbocycles. The minimum Gasteiger partial charge on any atom is -0.252 e. The second-order valence-electron chi connectivity index (χ2n) is 12.6. The van der Waals surface area contributed by atoms with E-state index in [2.05, 4.69) is 167 Å². The van der Waals surface area contributed by atoms with Crippen molar-refractivity contribution in [2.24, 2.45) is 4.99 Å². The van der Waals surface area contributed by atoms with Gasteiger partial charge >= 0.3 is 0 Å². The molecule has 0 radical (unpaired) electrons. The van der Waals surface area contributed by atoms with Gasteiger partial charge in [-0.05, 0) is 96.3 Å². The van der Waals surface area contributed by atoms with Gasteiger partial charge in [0.25, 0.3) is 0 Å². The Morgan fingerprint density at radius 1 is 0.783 bits per heavy atom. The lowest BCUT2D eigenvalue weighted by atomic mass is 9.84. The first-order valence-corrected chi connectivity index (χ1v) is 16.7. The summed E-state index contributed by atoms with van der Waals surface area (Å²) in [5.74, 6) is 7.03. The second kappa shape index (κ2) is 12.4. The predicted octanol–water partition coefficient (Wildman–Crippen LogP) is 11.2. The summed E-state index contributed by atoms with van der Waals surface area (Å²) in [5, 5.41) is 1.12. The molecule has 2 aromatic heterocycles. The van der Waals surface area contributed by atoms with Crippen LogP contribution in [0.3, 0.4) is 0 Å². The average molecular weight is 613 g/mol. The number of nitrogens with zero attached hydrogens (tertiary/aromatic N) is 2. The van der Waals surface area contributed by atoms with E-state index in [1.807, 2.05) is 0 Å². The lowest BCUT2D eigenvalue weighted by molar-refractivity contribution is 0.492. The van der Waals surface area contributed by atoms with Gasteiger partial charge in [-0.2, -0.15) is 0 Å². The third kappa shape index (κ3) is 5.97. The highest BCUT2D eigenvalue weighted by molar-refractivity contribution is 7.14. The molecule has 46 heavy (non-hydrogen) atoms. The van der Waals surface area contributed by atoms with Crippen molar-refractivity contribution in [1.82, 2.24) is 4.98 Å². The number of benzene rings is 4. The molecule has 1 atom stereocenters. The van der Waals surface area contributed by atoms with Gasteiger partial charge in [0, 0.05) is 38.4 Å². The zero-order chi connectivity index (χ0) is 31.7. The summed E-state index contributed by atoms with van der Waals surface area (Å²) in [7, 11) is 0. The molecule has 0 saturated carbocycles. The van der Waals surface area contributed by atoms with Crippen molar-refractivity contribution in [2.45, 2.75) is 45.4 Å². The van der Waals surface area contributed by atoms with Gasteiger partial charge in [0.1, 0.15) is 0 Å². The van der Waals surface area contributed by atoms with Gasteiger partial charge in [-0.3, -0.25) is 4.98 Å². The normalized spacial score (nSPS) is 14.3. The van der Waals surface area contributed by atoms with Crippen LogP contribution in [0.1, 0.15) is 70.8 Å². The highest BCUT2D eigenvalue weighted by atomic mass is 32.1. The van der Waals surface area contributed by atoms with Crippen molar-refractivity contribution < 1.29 is 0 Å². The maximum atomic E-state index is 5.15. The molecule has 0 bridgehead atoms. The van der Waals surface area contributed by atoms with Crippen LogP contribution in [-0.4, -0.2) is 10.7 Å². The zero-order valence-electron chi connectivity index (χ0n) is 26.7. The van der Waals surface area contributed by atoms with Crippen LogP contribution < -0.4 is 0 Å². The predicted molar refractivity (Wildman–Crippen MR) is 196 cm³/mol. The first-order chi connectivity index (χ1) is 22.4. The maximum Gasteiger partial charge on any atom is 0.0806 e. The third-order valence-corrected chi connectivity index (χ3v) is 10.0. The quantitative estimate of drug-likeness (QED) is 0.178. The number of aryl methyl sites for hydroxylation is 1. The van der Waals surface area contributed by atoms with E-state index in [0.29, 0.717) is 0 Å². The van der Waals surface area contributed by atoms with Gasteiger partial charge in [-0.25, -0.2) is 4.99 Å². The molecular weight excluding hydrogens is 577 g/mol. The summed E-state index contributed by atoms with van der Waals surface area (Å²) in [6.45, 7) is 8.90. The largest absolute Gasteiger partial charge is 0.252 e. The fourth-order valence-electron chi connectivity index (χ4n) is 5.93. The van der Waals surface area contributed by atoms with Gasteiger partial charge in [0.05, 0.1) is 21.8 Å². The summed E-state index contributed by atoms with van der Waals surface area (Å²) in [6.07, 6.45) is 5.47. The molecule has 2 nitrogen and oxygen atoms in total. The molecule has 0 N–H and O–H groups in total. The highest BCUT2D eigenvalue weighted by Crippen LogP contribution is 2.38. The van der Waals surface area contributed by atoms with Crippen LogP contribution in [0.2, 0.25) is 0 Å². The van der Waals surface area contributed by atoms with Gasteiger partial charge in [0.2, 0.25) is 0 Å². The Morgan fingerprint density at radius 3 is 2.22 bits per heavy atom. The lowest BCUT2D eigenvalue weighted by Gasteiger charge is -2.23. The van der Waals surface area contributed by atoms with Crippen LogP contribution in [0.5, 0.6) is 0 Å². The Bertz CT molecular complexity index is 2170. The van der Waals surface area contributed by atoms with Gasteiger partial charge in [0.15, 0.2) is 0 Å². The average Bonchev–Trinajstić information content (AvgIpc) is 3.44. The number of thiophene rings is 1. The highest BCUT2D eigenvalue weighted by Gasteiger charge is 2.22. The molecule has 7 rings (SSSR count). The first kappa shape index (κ1) is 29.7. The van der Waals surface area contributed by atoms with Crippen LogP contribution in [0, 0.1) is 18.8 Å². The molecule has 3 heterocycles. The van der Waals surface area contributed by atoms with E-state index in [-0.39, 0.29) is 11.3 Å². The van der Waals surface area contributed by atoms with E-state index < -0.39 is 0 Å². The molecule has 0 fully saturated rings. The van der Waals surface area contributed by atoms with E-state index in [1.165, 1.54) is 26.4 Å². The standard InChI is InChI=1S/C43H36N2S/c1-5-43(3,4)42-28-35(33-14-10-7-11-15-33)37-27-31(20-23-39(37)45-42)18-17-30-19-22-38-36(26-30)34(32-12-8-6-9-13-32)21-24-40(44-38)41-25-16-29(2)46-41/h6-16,19-28,34H,5H2,1-4H3. The third-order valence-electron chi connectivity index (χ3n) is 9.02. The van der Waals surface area contributed by atoms with Crippen LogP contribution in [0.15, 0.2) is 132 Å². The Hall–Kier alpha value is -5.04. The molecule has 3 heteroatoms. The maximum absolute atomic E-state index is 5.15. The monoisotopic (exact) mass is 612 g/mol. The molecule has 4 aromatic carbocycles. The smallest absolute Gasteiger partial charge is 0.0806 e. The molecule has 1 aliphatic rings. The molecule has 0 saturated heterocycles. The lowest BCUT2D eigenvalue weighted by Crippen LogP contribution is -2.17. The number of hydrogen-bond acceptors (Lipinski definition) is 3. The summed E-state index contributed by atoms with van der Waals surface area (Å²) in [5.41, 5.74) is 10.8. The van der Waals surface area contributed by atoms with E-state index in [9.17, 15) is 0 Å². The van der Waals surface area contributed by atoms with E-state index in [1.54, 1.807) is 11.3 Å². The molecule has 224 valence electrons. The zero-order valence-corrected chi connectivity index (χ0v) is 27.5. The molecular formula is C43H36N2S. The molecule has 1 aliphatic heterocycles. The molecule has 0 amide bonds. The fourth-order valence-corrected chi connectivity index (χ4v) is 6.77. The van der Waals surface area contributed by atoms with Crippen molar-refractivity contribution in [3.63, 3.8) is 0 Å². The minimum atomic E-state index is -0.0121. The van der Waals surface area contributed by atoms with Crippen molar-refractivity contribution in [3.05, 3.63) is 165 Å². The summed E-state index contributed by atoms with van der Waals surface area (Å²) in [6, 6.07) is 40.7. The van der Waals surface area contributed by atoms with Crippen LogP contribution >= 0.6 is 11.3 Å². The van der Waals surface area contributed by atoms with Crippen molar-refractivity contribution >= 4 is 33.6 Å². The molecule has 1 unspecified atom stereocenters. The summed E-state index contributed by atoms with van der Waals surface area (Å²) < 4.78 is 0. The molecule has 6 aromatic rings.